The maximum Gasteiger partial charge on any atom is 0.0237 e. The van der Waals surface area contributed by atoms with E-state index < -0.39 is 0 Å². The molecule has 1 aromatic carbocycles. The molecule has 2 nitrogen and oxygen atoms in total. The Labute approximate surface area is 124 Å². The largest absolute Gasteiger partial charge is 0.312 e. The third-order valence-electron chi connectivity index (χ3n) is 4.50. The van der Waals surface area contributed by atoms with Gasteiger partial charge < -0.3 is 5.32 Å². The Morgan fingerprint density at radius 2 is 1.85 bits per heavy atom. The van der Waals surface area contributed by atoms with Crippen LogP contribution in [0.3, 0.4) is 0 Å². The second kappa shape index (κ2) is 6.73. The van der Waals surface area contributed by atoms with Gasteiger partial charge in [-0.2, -0.15) is 0 Å². The normalized spacial score (nSPS) is 24.9. The summed E-state index contributed by atoms with van der Waals surface area (Å²) in [6.45, 7) is 14.8. The van der Waals surface area contributed by atoms with Crippen molar-refractivity contribution < 1.29 is 0 Å². The van der Waals surface area contributed by atoms with Crippen LogP contribution < -0.4 is 5.32 Å². The second-order valence-electron chi connectivity index (χ2n) is 6.87. The van der Waals surface area contributed by atoms with E-state index in [0.29, 0.717) is 18.0 Å². The Hall–Kier alpha value is -0.860. The summed E-state index contributed by atoms with van der Waals surface area (Å²) in [4.78, 5) is 2.65. The van der Waals surface area contributed by atoms with Crippen molar-refractivity contribution in [2.45, 2.75) is 59.7 Å². The van der Waals surface area contributed by atoms with Crippen LogP contribution in [0.25, 0.3) is 0 Å². The molecule has 0 amide bonds. The van der Waals surface area contributed by atoms with Gasteiger partial charge in [-0.1, -0.05) is 43.2 Å². The highest BCUT2D eigenvalue weighted by atomic mass is 15.2. The zero-order chi connectivity index (χ0) is 14.7. The van der Waals surface area contributed by atoms with Crippen molar-refractivity contribution in [3.8, 4) is 0 Å². The van der Waals surface area contributed by atoms with Gasteiger partial charge in [-0.3, -0.25) is 4.90 Å². The van der Waals surface area contributed by atoms with Gasteiger partial charge in [0.15, 0.2) is 0 Å². The molecule has 2 atom stereocenters. The number of hydrogen-bond acceptors (Lipinski definition) is 2. The summed E-state index contributed by atoms with van der Waals surface area (Å²) in [7, 11) is 0. The van der Waals surface area contributed by atoms with E-state index in [2.05, 4.69) is 63.0 Å². The molecule has 112 valence electrons. The molecule has 0 radical (unpaired) electrons. The summed E-state index contributed by atoms with van der Waals surface area (Å²) in [6, 6.07) is 8.21. The first kappa shape index (κ1) is 15.5. The molecule has 0 aliphatic carbocycles. The summed E-state index contributed by atoms with van der Waals surface area (Å²) in [6.07, 6.45) is 1.24. The van der Waals surface area contributed by atoms with Crippen molar-refractivity contribution in [2.75, 3.05) is 13.1 Å². The van der Waals surface area contributed by atoms with E-state index in [1.165, 1.54) is 23.1 Å². The zero-order valence-electron chi connectivity index (χ0n) is 13.7. The van der Waals surface area contributed by atoms with Crippen molar-refractivity contribution in [2.24, 2.45) is 5.92 Å². The molecule has 1 fully saturated rings. The molecule has 1 aliphatic heterocycles. The fourth-order valence-electron chi connectivity index (χ4n) is 3.22. The molecule has 0 spiro atoms. The highest BCUT2D eigenvalue weighted by Gasteiger charge is 2.24. The van der Waals surface area contributed by atoms with Crippen molar-refractivity contribution >= 4 is 0 Å². The van der Waals surface area contributed by atoms with Crippen molar-refractivity contribution in [3.63, 3.8) is 0 Å². The maximum atomic E-state index is 3.71. The standard InChI is InChI=1S/C18H30N2/c1-13(2)18-12-20(16(5)6-7-19-18)11-17-9-14(3)8-15(4)10-17/h8-10,13,16,18-19H,6-7,11-12H2,1-5H3. The van der Waals surface area contributed by atoms with Crippen LogP contribution in [0.2, 0.25) is 0 Å². The van der Waals surface area contributed by atoms with E-state index in [9.17, 15) is 0 Å². The molecular weight excluding hydrogens is 244 g/mol. The SMILES string of the molecule is Cc1cc(C)cc(CN2CC(C(C)C)NCCC2C)c1. The Morgan fingerprint density at radius 3 is 2.45 bits per heavy atom. The number of rotatable bonds is 3. The number of aryl methyl sites for hydroxylation is 2. The van der Waals surface area contributed by atoms with Crippen LogP contribution in [-0.2, 0) is 6.54 Å². The van der Waals surface area contributed by atoms with E-state index in [1.54, 1.807) is 0 Å². The minimum atomic E-state index is 0.617. The lowest BCUT2D eigenvalue weighted by Crippen LogP contribution is -2.42. The quantitative estimate of drug-likeness (QED) is 0.907. The van der Waals surface area contributed by atoms with Crippen LogP contribution in [-0.4, -0.2) is 30.1 Å². The second-order valence-corrected chi connectivity index (χ2v) is 6.87. The van der Waals surface area contributed by atoms with E-state index >= 15 is 0 Å². The van der Waals surface area contributed by atoms with Crippen molar-refractivity contribution in [1.29, 1.82) is 0 Å². The van der Waals surface area contributed by atoms with Crippen molar-refractivity contribution in [3.05, 3.63) is 34.9 Å². The molecule has 0 aromatic heterocycles. The van der Waals surface area contributed by atoms with Gasteiger partial charge in [0.2, 0.25) is 0 Å². The summed E-state index contributed by atoms with van der Waals surface area (Å²) < 4.78 is 0. The van der Waals surface area contributed by atoms with E-state index in [-0.39, 0.29) is 0 Å². The Bertz CT molecular complexity index is 419. The Balaban J connectivity index is 2.11. The van der Waals surface area contributed by atoms with Crippen molar-refractivity contribution in [1.82, 2.24) is 10.2 Å². The number of benzene rings is 1. The first-order valence-corrected chi connectivity index (χ1v) is 8.00. The Morgan fingerprint density at radius 1 is 1.20 bits per heavy atom. The van der Waals surface area contributed by atoms with Crippen LogP contribution in [0, 0.1) is 19.8 Å². The molecule has 2 heteroatoms. The van der Waals surface area contributed by atoms with Crippen LogP contribution >= 0.6 is 0 Å². The fourth-order valence-corrected chi connectivity index (χ4v) is 3.22. The highest BCUT2D eigenvalue weighted by Crippen LogP contribution is 2.18. The fraction of sp³-hybridized carbons (Fsp3) is 0.667. The predicted molar refractivity (Wildman–Crippen MR) is 87.0 cm³/mol. The average Bonchev–Trinajstić information content (AvgIpc) is 2.51. The van der Waals surface area contributed by atoms with Crippen LogP contribution in [0.4, 0.5) is 0 Å². The van der Waals surface area contributed by atoms with Gasteiger partial charge in [0.05, 0.1) is 0 Å². The molecule has 1 heterocycles. The van der Waals surface area contributed by atoms with Gasteiger partial charge in [-0.15, -0.1) is 0 Å². The van der Waals surface area contributed by atoms with Gasteiger partial charge in [0.25, 0.3) is 0 Å². The number of hydrogen-bond donors (Lipinski definition) is 1. The maximum absolute atomic E-state index is 3.71. The lowest BCUT2D eigenvalue weighted by Gasteiger charge is -2.30. The van der Waals surface area contributed by atoms with Gasteiger partial charge in [-0.05, 0) is 45.2 Å². The number of nitrogens with one attached hydrogen (secondary N) is 1. The van der Waals surface area contributed by atoms with E-state index in [4.69, 9.17) is 0 Å². The van der Waals surface area contributed by atoms with Crippen LogP contribution in [0.15, 0.2) is 18.2 Å². The molecule has 20 heavy (non-hydrogen) atoms. The molecule has 1 aliphatic rings. The first-order chi connectivity index (χ1) is 9.45. The summed E-state index contributed by atoms with van der Waals surface area (Å²) in [5.41, 5.74) is 4.21. The summed E-state index contributed by atoms with van der Waals surface area (Å²) in [5, 5.41) is 3.71. The lowest BCUT2D eigenvalue weighted by molar-refractivity contribution is 0.184. The van der Waals surface area contributed by atoms with Gasteiger partial charge in [0, 0.05) is 25.2 Å². The smallest absolute Gasteiger partial charge is 0.0237 e. The minimum Gasteiger partial charge on any atom is -0.312 e. The summed E-state index contributed by atoms with van der Waals surface area (Å²) >= 11 is 0. The average molecular weight is 274 g/mol. The third-order valence-corrected chi connectivity index (χ3v) is 4.50. The van der Waals surface area contributed by atoms with Crippen LogP contribution in [0.5, 0.6) is 0 Å². The minimum absolute atomic E-state index is 0.617. The lowest BCUT2D eigenvalue weighted by atomic mass is 10.0. The highest BCUT2D eigenvalue weighted by molar-refractivity contribution is 5.28. The molecular formula is C18H30N2. The molecule has 1 saturated heterocycles. The zero-order valence-corrected chi connectivity index (χ0v) is 13.7. The van der Waals surface area contributed by atoms with Gasteiger partial charge in [-0.25, -0.2) is 0 Å². The molecule has 2 rings (SSSR count). The molecule has 0 saturated carbocycles. The molecule has 1 N–H and O–H groups in total. The monoisotopic (exact) mass is 274 g/mol. The summed E-state index contributed by atoms with van der Waals surface area (Å²) in [5.74, 6) is 0.696. The topological polar surface area (TPSA) is 15.3 Å². The Kier molecular flexibility index (Phi) is 5.22. The molecule has 2 unspecified atom stereocenters. The number of nitrogens with zero attached hydrogens (tertiary/aromatic N) is 1. The van der Waals surface area contributed by atoms with Gasteiger partial charge >= 0.3 is 0 Å². The predicted octanol–water partition coefficient (Wildman–Crippen LogP) is 3.51. The first-order valence-electron chi connectivity index (χ1n) is 8.00. The molecule has 1 aromatic rings. The van der Waals surface area contributed by atoms with Crippen LogP contribution in [0.1, 0.15) is 43.9 Å². The molecule has 0 bridgehead atoms. The third kappa shape index (κ3) is 4.07. The van der Waals surface area contributed by atoms with E-state index in [1.807, 2.05) is 0 Å². The van der Waals surface area contributed by atoms with Gasteiger partial charge in [0.1, 0.15) is 0 Å². The van der Waals surface area contributed by atoms with E-state index in [0.717, 1.165) is 19.6 Å².